The smallest absolute Gasteiger partial charge is 0.303 e. The van der Waals surface area contributed by atoms with Crippen LogP contribution in [0.1, 0.15) is 33.1 Å². The third-order valence-electron chi connectivity index (χ3n) is 3.39. The number of carbonyl (C=O) groups excluding carboxylic acids is 2. The van der Waals surface area contributed by atoms with E-state index in [0.717, 1.165) is 0 Å². The van der Waals surface area contributed by atoms with Gasteiger partial charge in [0.05, 0.1) is 5.92 Å². The monoisotopic (exact) mass is 270 g/mol. The zero-order valence-corrected chi connectivity index (χ0v) is 11.8. The summed E-state index contributed by atoms with van der Waals surface area (Å²) in [7, 11) is 1.69. The highest BCUT2D eigenvalue weighted by Gasteiger charge is 2.35. The second-order valence-electron chi connectivity index (χ2n) is 5.30. The van der Waals surface area contributed by atoms with Gasteiger partial charge in [-0.05, 0) is 20.3 Å². The second-order valence-corrected chi connectivity index (χ2v) is 5.30. The molecule has 0 aromatic carbocycles. The van der Waals surface area contributed by atoms with Gasteiger partial charge in [-0.1, -0.05) is 0 Å². The van der Waals surface area contributed by atoms with E-state index in [1.54, 1.807) is 16.8 Å². The van der Waals surface area contributed by atoms with Crippen LogP contribution in [0.3, 0.4) is 0 Å². The van der Waals surface area contributed by atoms with Crippen molar-refractivity contribution in [2.75, 3.05) is 20.1 Å². The highest BCUT2D eigenvalue weighted by Crippen LogP contribution is 2.20. The normalized spacial score (nSPS) is 19.1. The lowest BCUT2D eigenvalue weighted by Gasteiger charge is -2.29. The van der Waals surface area contributed by atoms with Crippen molar-refractivity contribution in [3.05, 3.63) is 0 Å². The van der Waals surface area contributed by atoms with Gasteiger partial charge < -0.3 is 14.9 Å². The Labute approximate surface area is 113 Å². The van der Waals surface area contributed by atoms with Crippen molar-refractivity contribution in [2.45, 2.75) is 39.2 Å². The van der Waals surface area contributed by atoms with Crippen LogP contribution in [0.25, 0.3) is 0 Å². The molecular weight excluding hydrogens is 248 g/mol. The fourth-order valence-corrected chi connectivity index (χ4v) is 2.29. The lowest BCUT2D eigenvalue weighted by molar-refractivity contribution is -0.140. The minimum Gasteiger partial charge on any atom is -0.481 e. The van der Waals surface area contributed by atoms with Crippen LogP contribution in [0.4, 0.5) is 0 Å². The van der Waals surface area contributed by atoms with Crippen LogP contribution in [0.15, 0.2) is 0 Å². The van der Waals surface area contributed by atoms with Crippen molar-refractivity contribution in [3.8, 4) is 0 Å². The average Bonchev–Trinajstić information content (AvgIpc) is 2.63. The molecule has 1 unspecified atom stereocenters. The molecule has 1 aliphatic heterocycles. The van der Waals surface area contributed by atoms with Gasteiger partial charge in [-0.2, -0.15) is 0 Å². The molecule has 0 bridgehead atoms. The van der Waals surface area contributed by atoms with Gasteiger partial charge in [-0.3, -0.25) is 14.4 Å². The topological polar surface area (TPSA) is 77.9 Å². The number of aliphatic carboxylic acids is 1. The lowest BCUT2D eigenvalue weighted by atomic mass is 10.1. The Morgan fingerprint density at radius 1 is 1.47 bits per heavy atom. The number of carbonyl (C=O) groups is 3. The third kappa shape index (κ3) is 4.22. The Balaban J connectivity index is 2.58. The molecule has 1 N–H and O–H groups in total. The van der Waals surface area contributed by atoms with E-state index >= 15 is 0 Å². The predicted octanol–water partition coefficient (Wildman–Crippen LogP) is 0.566. The fourth-order valence-electron chi connectivity index (χ4n) is 2.29. The molecule has 1 rings (SSSR count). The second kappa shape index (κ2) is 6.54. The van der Waals surface area contributed by atoms with Crippen molar-refractivity contribution in [1.29, 1.82) is 0 Å². The maximum atomic E-state index is 12.4. The molecule has 1 saturated heterocycles. The van der Waals surface area contributed by atoms with Gasteiger partial charge in [0.2, 0.25) is 11.8 Å². The minimum absolute atomic E-state index is 0.00686. The summed E-state index contributed by atoms with van der Waals surface area (Å²) in [5.74, 6) is -1.19. The summed E-state index contributed by atoms with van der Waals surface area (Å²) >= 11 is 0. The molecule has 0 aliphatic carbocycles. The predicted molar refractivity (Wildman–Crippen MR) is 69.5 cm³/mol. The Bertz CT molecular complexity index is 368. The number of amides is 2. The first-order valence-corrected chi connectivity index (χ1v) is 6.59. The zero-order chi connectivity index (χ0) is 14.6. The summed E-state index contributed by atoms with van der Waals surface area (Å²) in [4.78, 5) is 37.6. The lowest BCUT2D eigenvalue weighted by Crippen LogP contribution is -2.42. The van der Waals surface area contributed by atoms with Crippen LogP contribution in [-0.2, 0) is 14.4 Å². The molecule has 1 heterocycles. The van der Waals surface area contributed by atoms with Gasteiger partial charge in [0.1, 0.15) is 0 Å². The van der Waals surface area contributed by atoms with E-state index in [1.165, 1.54) is 0 Å². The van der Waals surface area contributed by atoms with Gasteiger partial charge in [0, 0.05) is 39.0 Å². The van der Waals surface area contributed by atoms with Crippen molar-refractivity contribution < 1.29 is 19.5 Å². The van der Waals surface area contributed by atoms with E-state index in [9.17, 15) is 14.4 Å². The number of hydrogen-bond acceptors (Lipinski definition) is 3. The molecule has 1 atom stereocenters. The number of likely N-dealkylation sites (tertiary alicyclic amines) is 1. The minimum atomic E-state index is -0.855. The molecule has 1 fully saturated rings. The molecule has 0 saturated carbocycles. The SMILES string of the molecule is CC(C)N(CCCC(=O)O)C(=O)C1CC(=O)N(C)C1. The van der Waals surface area contributed by atoms with E-state index in [2.05, 4.69) is 0 Å². The van der Waals surface area contributed by atoms with E-state index in [4.69, 9.17) is 5.11 Å². The molecule has 0 radical (unpaired) electrons. The maximum absolute atomic E-state index is 12.4. The van der Waals surface area contributed by atoms with Crippen LogP contribution in [0.5, 0.6) is 0 Å². The zero-order valence-electron chi connectivity index (χ0n) is 11.8. The van der Waals surface area contributed by atoms with Crippen LogP contribution < -0.4 is 0 Å². The molecule has 2 amide bonds. The third-order valence-corrected chi connectivity index (χ3v) is 3.39. The molecule has 0 aromatic heterocycles. The largest absolute Gasteiger partial charge is 0.481 e. The summed E-state index contributed by atoms with van der Waals surface area (Å²) in [5.41, 5.74) is 0. The van der Waals surface area contributed by atoms with Crippen molar-refractivity contribution in [2.24, 2.45) is 5.92 Å². The van der Waals surface area contributed by atoms with Crippen LogP contribution >= 0.6 is 0 Å². The molecule has 0 aromatic rings. The van der Waals surface area contributed by atoms with Gasteiger partial charge in [0.25, 0.3) is 0 Å². The number of carboxylic acid groups (broad SMARTS) is 1. The quantitative estimate of drug-likeness (QED) is 0.765. The fraction of sp³-hybridized carbons (Fsp3) is 0.769. The maximum Gasteiger partial charge on any atom is 0.303 e. The van der Waals surface area contributed by atoms with Gasteiger partial charge in [-0.25, -0.2) is 0 Å². The summed E-state index contributed by atoms with van der Waals surface area (Å²) in [6, 6.07) is 0.0160. The summed E-state index contributed by atoms with van der Waals surface area (Å²) in [5, 5.41) is 8.63. The first-order chi connectivity index (χ1) is 8.82. The molecule has 6 nitrogen and oxygen atoms in total. The Kier molecular flexibility index (Phi) is 5.32. The number of carboxylic acids is 1. The molecule has 6 heteroatoms. The average molecular weight is 270 g/mol. The van der Waals surface area contributed by atoms with Crippen molar-refractivity contribution in [1.82, 2.24) is 9.80 Å². The van der Waals surface area contributed by atoms with E-state index in [-0.39, 0.29) is 36.6 Å². The molecule has 19 heavy (non-hydrogen) atoms. The summed E-state index contributed by atoms with van der Waals surface area (Å²) in [6.45, 7) is 4.69. The Morgan fingerprint density at radius 2 is 2.11 bits per heavy atom. The molecule has 0 spiro atoms. The number of hydrogen-bond donors (Lipinski definition) is 1. The number of nitrogens with zero attached hydrogens (tertiary/aromatic N) is 2. The van der Waals surface area contributed by atoms with Gasteiger partial charge in [0.15, 0.2) is 0 Å². The first kappa shape index (κ1) is 15.5. The highest BCUT2D eigenvalue weighted by molar-refractivity contribution is 5.89. The summed E-state index contributed by atoms with van der Waals surface area (Å²) < 4.78 is 0. The van der Waals surface area contributed by atoms with Crippen LogP contribution in [0, 0.1) is 5.92 Å². The Hall–Kier alpha value is -1.59. The van der Waals surface area contributed by atoms with Crippen molar-refractivity contribution >= 4 is 17.8 Å². The molecule has 108 valence electrons. The Morgan fingerprint density at radius 3 is 2.53 bits per heavy atom. The van der Waals surface area contributed by atoms with Crippen molar-refractivity contribution in [3.63, 3.8) is 0 Å². The van der Waals surface area contributed by atoms with Crippen LogP contribution in [-0.4, -0.2) is 58.9 Å². The number of rotatable bonds is 6. The standard InChI is InChI=1S/C13H22N2O4/c1-9(2)15(6-4-5-12(17)18)13(19)10-7-11(16)14(3)8-10/h9-10H,4-8H2,1-3H3,(H,17,18). The van der Waals surface area contributed by atoms with Gasteiger partial charge >= 0.3 is 5.97 Å². The highest BCUT2D eigenvalue weighted by atomic mass is 16.4. The van der Waals surface area contributed by atoms with Crippen LogP contribution in [0.2, 0.25) is 0 Å². The van der Waals surface area contributed by atoms with Gasteiger partial charge in [-0.15, -0.1) is 0 Å². The molecule has 1 aliphatic rings. The first-order valence-electron chi connectivity index (χ1n) is 6.59. The van der Waals surface area contributed by atoms with E-state index < -0.39 is 5.97 Å². The van der Waals surface area contributed by atoms with E-state index in [1.807, 2.05) is 13.8 Å². The summed E-state index contributed by atoms with van der Waals surface area (Å²) in [6.07, 6.45) is 0.757. The van der Waals surface area contributed by atoms with E-state index in [0.29, 0.717) is 19.5 Å². The molecular formula is C13H22N2O4.